The van der Waals surface area contributed by atoms with Gasteiger partial charge in [-0.25, -0.2) is 0 Å². The molecule has 0 atom stereocenters. The van der Waals surface area contributed by atoms with Gasteiger partial charge in [-0.15, -0.1) is 0 Å². The van der Waals surface area contributed by atoms with E-state index in [1.807, 2.05) is 0 Å². The summed E-state index contributed by atoms with van der Waals surface area (Å²) in [6.45, 7) is 11.2. The van der Waals surface area contributed by atoms with Crippen LogP contribution in [0.5, 0.6) is 0 Å². The Morgan fingerprint density at radius 3 is 2.08 bits per heavy atom. The highest BCUT2D eigenvalue weighted by atomic mass is 16.5. The summed E-state index contributed by atoms with van der Waals surface area (Å²) in [5.74, 6) is 0. The SMILES string of the molecule is CC(C)(C)N1CCOCC12COC2. The van der Waals surface area contributed by atoms with E-state index in [1.165, 1.54) is 0 Å². The molecule has 0 saturated carbocycles. The van der Waals surface area contributed by atoms with Gasteiger partial charge in [0, 0.05) is 12.1 Å². The van der Waals surface area contributed by atoms with Crippen LogP contribution in [0.15, 0.2) is 0 Å². The van der Waals surface area contributed by atoms with E-state index < -0.39 is 0 Å². The molecule has 0 aromatic carbocycles. The third-order valence-corrected chi connectivity index (χ3v) is 2.95. The predicted octanol–water partition coefficient (Wildman–Crippen LogP) is 0.886. The van der Waals surface area contributed by atoms with E-state index in [-0.39, 0.29) is 11.1 Å². The molecule has 76 valence electrons. The van der Waals surface area contributed by atoms with E-state index in [0.29, 0.717) is 0 Å². The molecule has 0 unspecified atom stereocenters. The van der Waals surface area contributed by atoms with Crippen LogP contribution in [0.2, 0.25) is 0 Å². The van der Waals surface area contributed by atoms with Crippen molar-refractivity contribution in [3.63, 3.8) is 0 Å². The molecule has 0 aromatic rings. The maximum atomic E-state index is 5.53. The fourth-order valence-electron chi connectivity index (χ4n) is 2.36. The molecule has 0 N–H and O–H groups in total. The summed E-state index contributed by atoms with van der Waals surface area (Å²) in [4.78, 5) is 2.53. The first-order valence-electron chi connectivity index (χ1n) is 4.98. The van der Waals surface area contributed by atoms with Crippen molar-refractivity contribution in [2.75, 3.05) is 33.0 Å². The largest absolute Gasteiger partial charge is 0.378 e. The summed E-state index contributed by atoms with van der Waals surface area (Å²) >= 11 is 0. The average molecular weight is 185 g/mol. The van der Waals surface area contributed by atoms with E-state index in [4.69, 9.17) is 9.47 Å². The summed E-state index contributed by atoms with van der Waals surface area (Å²) in [6, 6.07) is 0. The Labute approximate surface area is 80.0 Å². The Kier molecular flexibility index (Phi) is 2.13. The van der Waals surface area contributed by atoms with Crippen LogP contribution >= 0.6 is 0 Å². The molecule has 0 amide bonds. The first-order valence-corrected chi connectivity index (χ1v) is 4.98. The van der Waals surface area contributed by atoms with Crippen LogP contribution in [0.25, 0.3) is 0 Å². The Balaban J connectivity index is 2.14. The lowest BCUT2D eigenvalue weighted by molar-refractivity contribution is -0.219. The van der Waals surface area contributed by atoms with Crippen LogP contribution in [0.4, 0.5) is 0 Å². The first-order chi connectivity index (χ1) is 6.05. The summed E-state index contributed by atoms with van der Waals surface area (Å²) in [5.41, 5.74) is 0.421. The van der Waals surface area contributed by atoms with E-state index >= 15 is 0 Å². The smallest absolute Gasteiger partial charge is 0.0919 e. The van der Waals surface area contributed by atoms with Gasteiger partial charge in [0.15, 0.2) is 0 Å². The average Bonchev–Trinajstić information content (AvgIpc) is 2.00. The van der Waals surface area contributed by atoms with E-state index in [9.17, 15) is 0 Å². The topological polar surface area (TPSA) is 21.7 Å². The minimum Gasteiger partial charge on any atom is -0.378 e. The van der Waals surface area contributed by atoms with Gasteiger partial charge in [0.1, 0.15) is 0 Å². The molecule has 0 radical (unpaired) electrons. The Morgan fingerprint density at radius 2 is 1.69 bits per heavy atom. The Bertz CT molecular complexity index is 194. The molecular formula is C10H19NO2. The monoisotopic (exact) mass is 185 g/mol. The van der Waals surface area contributed by atoms with Crippen LogP contribution in [0.3, 0.4) is 0 Å². The predicted molar refractivity (Wildman–Crippen MR) is 50.8 cm³/mol. The molecule has 13 heavy (non-hydrogen) atoms. The van der Waals surface area contributed by atoms with Crippen molar-refractivity contribution in [1.29, 1.82) is 0 Å². The maximum absolute atomic E-state index is 5.53. The van der Waals surface area contributed by atoms with Crippen LogP contribution in [-0.2, 0) is 9.47 Å². The van der Waals surface area contributed by atoms with Gasteiger partial charge in [-0.3, -0.25) is 4.90 Å². The maximum Gasteiger partial charge on any atom is 0.0919 e. The van der Waals surface area contributed by atoms with Crippen LogP contribution in [0.1, 0.15) is 20.8 Å². The van der Waals surface area contributed by atoms with Gasteiger partial charge in [-0.1, -0.05) is 0 Å². The molecule has 0 aromatic heterocycles. The zero-order valence-corrected chi connectivity index (χ0v) is 8.80. The minimum absolute atomic E-state index is 0.191. The van der Waals surface area contributed by atoms with Crippen molar-refractivity contribution in [2.24, 2.45) is 0 Å². The fraction of sp³-hybridized carbons (Fsp3) is 1.00. The van der Waals surface area contributed by atoms with Crippen LogP contribution in [0, 0.1) is 0 Å². The zero-order valence-electron chi connectivity index (χ0n) is 8.80. The first kappa shape index (κ1) is 9.44. The molecule has 3 nitrogen and oxygen atoms in total. The summed E-state index contributed by atoms with van der Waals surface area (Å²) in [6.07, 6.45) is 0. The van der Waals surface area contributed by atoms with Crippen molar-refractivity contribution >= 4 is 0 Å². The van der Waals surface area contributed by atoms with Gasteiger partial charge >= 0.3 is 0 Å². The molecule has 2 rings (SSSR count). The third-order valence-electron chi connectivity index (χ3n) is 2.95. The van der Waals surface area contributed by atoms with Gasteiger partial charge < -0.3 is 9.47 Å². The lowest BCUT2D eigenvalue weighted by atomic mass is 9.89. The number of ether oxygens (including phenoxy) is 2. The van der Waals surface area contributed by atoms with Gasteiger partial charge in [0.25, 0.3) is 0 Å². The highest BCUT2D eigenvalue weighted by Crippen LogP contribution is 2.33. The van der Waals surface area contributed by atoms with Gasteiger partial charge in [0.05, 0.1) is 32.0 Å². The lowest BCUT2D eigenvalue weighted by Crippen LogP contribution is -2.72. The molecule has 2 fully saturated rings. The Hall–Kier alpha value is -0.120. The van der Waals surface area contributed by atoms with E-state index in [0.717, 1.165) is 33.0 Å². The molecule has 1 spiro atoms. The summed E-state index contributed by atoms with van der Waals surface area (Å²) in [5, 5.41) is 0. The Morgan fingerprint density at radius 1 is 1.08 bits per heavy atom. The number of hydrogen-bond acceptors (Lipinski definition) is 3. The van der Waals surface area contributed by atoms with Gasteiger partial charge in [-0.05, 0) is 20.8 Å². The van der Waals surface area contributed by atoms with Crippen LogP contribution in [-0.4, -0.2) is 49.0 Å². The lowest BCUT2D eigenvalue weighted by Gasteiger charge is -2.56. The second-order valence-corrected chi connectivity index (χ2v) is 5.09. The standard InChI is InChI=1S/C10H19NO2/c1-9(2,3)11-4-5-12-6-10(11)7-13-8-10/h4-8H2,1-3H3. The normalized spacial score (nSPS) is 28.8. The third kappa shape index (κ3) is 1.49. The minimum atomic E-state index is 0.191. The van der Waals surface area contributed by atoms with E-state index in [2.05, 4.69) is 25.7 Å². The zero-order chi connectivity index (χ0) is 9.53. The molecule has 2 aliphatic heterocycles. The van der Waals surface area contributed by atoms with Crippen molar-refractivity contribution < 1.29 is 9.47 Å². The molecule has 0 aliphatic carbocycles. The number of rotatable bonds is 0. The quantitative estimate of drug-likeness (QED) is 0.559. The van der Waals surface area contributed by atoms with Gasteiger partial charge in [-0.2, -0.15) is 0 Å². The van der Waals surface area contributed by atoms with Gasteiger partial charge in [0.2, 0.25) is 0 Å². The molecular weight excluding hydrogens is 166 g/mol. The van der Waals surface area contributed by atoms with Crippen molar-refractivity contribution in [3.8, 4) is 0 Å². The fourth-order valence-corrected chi connectivity index (χ4v) is 2.36. The van der Waals surface area contributed by atoms with E-state index in [1.54, 1.807) is 0 Å². The molecule has 2 aliphatic rings. The summed E-state index contributed by atoms with van der Waals surface area (Å²) < 4.78 is 10.9. The molecule has 2 saturated heterocycles. The number of morpholine rings is 1. The van der Waals surface area contributed by atoms with Crippen molar-refractivity contribution in [3.05, 3.63) is 0 Å². The highest BCUT2D eigenvalue weighted by molar-refractivity contribution is 5.02. The highest BCUT2D eigenvalue weighted by Gasteiger charge is 2.49. The molecule has 2 heterocycles. The molecule has 3 heteroatoms. The number of nitrogens with zero attached hydrogens (tertiary/aromatic N) is 1. The molecule has 0 bridgehead atoms. The van der Waals surface area contributed by atoms with Crippen LogP contribution < -0.4 is 0 Å². The second-order valence-electron chi connectivity index (χ2n) is 5.09. The van der Waals surface area contributed by atoms with Crippen molar-refractivity contribution in [2.45, 2.75) is 31.8 Å². The number of hydrogen-bond donors (Lipinski definition) is 0. The summed E-state index contributed by atoms with van der Waals surface area (Å²) in [7, 11) is 0. The van der Waals surface area contributed by atoms with Crippen molar-refractivity contribution in [1.82, 2.24) is 4.90 Å². The second kappa shape index (κ2) is 2.94.